The second-order valence-corrected chi connectivity index (χ2v) is 4.88. The fraction of sp³-hybridized carbons (Fsp3) is 0.267. The van der Waals surface area contributed by atoms with Crippen molar-refractivity contribution in [3.8, 4) is 6.07 Å². The van der Waals surface area contributed by atoms with Crippen molar-refractivity contribution in [2.75, 3.05) is 17.2 Å². The highest BCUT2D eigenvalue weighted by Gasteiger charge is 2.05. The van der Waals surface area contributed by atoms with E-state index in [9.17, 15) is 0 Å². The summed E-state index contributed by atoms with van der Waals surface area (Å²) in [4.78, 5) is 8.47. The van der Waals surface area contributed by atoms with Crippen molar-refractivity contribution in [3.05, 3.63) is 41.0 Å². The van der Waals surface area contributed by atoms with E-state index in [1.165, 1.54) is 0 Å². The first kappa shape index (κ1) is 15.1. The molecule has 0 atom stereocenters. The molecule has 0 aliphatic carbocycles. The highest BCUT2D eigenvalue weighted by atomic mass is 35.5. The second kappa shape index (κ2) is 7.46. The number of benzene rings is 1. The SMILES string of the molecule is CCCNc1ncc(Cl)c(Nc2ccc(CC#N)cc2)n1. The van der Waals surface area contributed by atoms with Crippen LogP contribution in [0.25, 0.3) is 0 Å². The summed E-state index contributed by atoms with van der Waals surface area (Å²) in [6.45, 7) is 2.88. The predicted octanol–water partition coefficient (Wildman–Crippen LogP) is 3.76. The molecule has 21 heavy (non-hydrogen) atoms. The van der Waals surface area contributed by atoms with Gasteiger partial charge in [0, 0.05) is 12.2 Å². The van der Waals surface area contributed by atoms with Crippen LogP contribution in [0.1, 0.15) is 18.9 Å². The highest BCUT2D eigenvalue weighted by Crippen LogP contribution is 2.23. The van der Waals surface area contributed by atoms with Crippen LogP contribution in [0.3, 0.4) is 0 Å². The Hall–Kier alpha value is -2.32. The third-order valence-corrected chi connectivity index (χ3v) is 3.05. The molecule has 0 aliphatic heterocycles. The van der Waals surface area contributed by atoms with E-state index in [-0.39, 0.29) is 0 Å². The van der Waals surface area contributed by atoms with Crippen LogP contribution >= 0.6 is 11.6 Å². The molecule has 0 unspecified atom stereocenters. The molecule has 2 N–H and O–H groups in total. The van der Waals surface area contributed by atoms with Gasteiger partial charge in [-0.05, 0) is 24.1 Å². The van der Waals surface area contributed by atoms with Gasteiger partial charge in [-0.1, -0.05) is 30.7 Å². The molecule has 1 aromatic heterocycles. The third kappa shape index (κ3) is 4.33. The maximum Gasteiger partial charge on any atom is 0.224 e. The van der Waals surface area contributed by atoms with E-state index in [4.69, 9.17) is 16.9 Å². The van der Waals surface area contributed by atoms with Gasteiger partial charge in [0.25, 0.3) is 0 Å². The van der Waals surface area contributed by atoms with Crippen molar-refractivity contribution in [2.24, 2.45) is 0 Å². The second-order valence-electron chi connectivity index (χ2n) is 4.47. The van der Waals surface area contributed by atoms with Gasteiger partial charge in [0.2, 0.25) is 5.95 Å². The van der Waals surface area contributed by atoms with Gasteiger partial charge in [0.05, 0.1) is 18.7 Å². The third-order valence-electron chi connectivity index (χ3n) is 2.78. The number of hydrogen-bond donors (Lipinski definition) is 2. The first-order chi connectivity index (χ1) is 10.2. The van der Waals surface area contributed by atoms with Gasteiger partial charge in [-0.2, -0.15) is 10.2 Å². The van der Waals surface area contributed by atoms with Crippen molar-refractivity contribution in [1.82, 2.24) is 9.97 Å². The Balaban J connectivity index is 2.12. The summed E-state index contributed by atoms with van der Waals surface area (Å²) in [6, 6.07) is 9.70. The molecule has 108 valence electrons. The summed E-state index contributed by atoms with van der Waals surface area (Å²) in [5, 5.41) is 15.4. The van der Waals surface area contributed by atoms with Crippen molar-refractivity contribution < 1.29 is 0 Å². The molecule has 0 bridgehead atoms. The lowest BCUT2D eigenvalue weighted by atomic mass is 10.1. The fourth-order valence-electron chi connectivity index (χ4n) is 1.71. The summed E-state index contributed by atoms with van der Waals surface area (Å²) in [5.74, 6) is 1.10. The zero-order valence-electron chi connectivity index (χ0n) is 11.7. The molecule has 1 aromatic carbocycles. The summed E-state index contributed by atoms with van der Waals surface area (Å²) in [6.07, 6.45) is 2.97. The van der Waals surface area contributed by atoms with Crippen LogP contribution in [0.4, 0.5) is 17.5 Å². The minimum atomic E-state index is 0.402. The number of aromatic nitrogens is 2. The summed E-state index contributed by atoms with van der Waals surface area (Å²) >= 11 is 6.10. The minimum Gasteiger partial charge on any atom is -0.354 e. The largest absolute Gasteiger partial charge is 0.354 e. The van der Waals surface area contributed by atoms with Crippen molar-refractivity contribution in [3.63, 3.8) is 0 Å². The fourth-order valence-corrected chi connectivity index (χ4v) is 1.85. The van der Waals surface area contributed by atoms with Crippen molar-refractivity contribution >= 4 is 29.1 Å². The number of nitrogens with one attached hydrogen (secondary N) is 2. The first-order valence-corrected chi connectivity index (χ1v) is 7.10. The normalized spacial score (nSPS) is 9.95. The molecule has 2 rings (SSSR count). The van der Waals surface area contributed by atoms with Gasteiger partial charge in [-0.25, -0.2) is 4.98 Å². The minimum absolute atomic E-state index is 0.402. The van der Waals surface area contributed by atoms with Crippen LogP contribution in [0, 0.1) is 11.3 Å². The molecule has 2 aromatic rings. The van der Waals surface area contributed by atoms with Gasteiger partial charge in [-0.15, -0.1) is 0 Å². The van der Waals surface area contributed by atoms with E-state index < -0.39 is 0 Å². The number of hydrogen-bond acceptors (Lipinski definition) is 5. The van der Waals surface area contributed by atoms with E-state index in [2.05, 4.69) is 33.6 Å². The summed E-state index contributed by atoms with van der Waals surface area (Å²) in [7, 11) is 0. The van der Waals surface area contributed by atoms with Gasteiger partial charge >= 0.3 is 0 Å². The van der Waals surface area contributed by atoms with Crippen LogP contribution in [-0.4, -0.2) is 16.5 Å². The Morgan fingerprint density at radius 2 is 2.05 bits per heavy atom. The Morgan fingerprint density at radius 1 is 1.29 bits per heavy atom. The molecule has 0 radical (unpaired) electrons. The van der Waals surface area contributed by atoms with E-state index >= 15 is 0 Å². The van der Waals surface area contributed by atoms with E-state index in [0.29, 0.717) is 23.2 Å². The van der Waals surface area contributed by atoms with Gasteiger partial charge in [-0.3, -0.25) is 0 Å². The zero-order valence-corrected chi connectivity index (χ0v) is 12.5. The molecule has 6 heteroatoms. The molecule has 0 saturated carbocycles. The van der Waals surface area contributed by atoms with Gasteiger partial charge < -0.3 is 10.6 Å². The van der Waals surface area contributed by atoms with Crippen LogP contribution in [0.2, 0.25) is 5.02 Å². The summed E-state index contributed by atoms with van der Waals surface area (Å²) in [5.41, 5.74) is 1.83. The Kier molecular flexibility index (Phi) is 5.35. The van der Waals surface area contributed by atoms with Crippen molar-refractivity contribution in [1.29, 1.82) is 5.26 Å². The monoisotopic (exact) mass is 301 g/mol. The van der Waals surface area contributed by atoms with Crippen LogP contribution in [-0.2, 0) is 6.42 Å². The molecule has 0 saturated heterocycles. The van der Waals surface area contributed by atoms with Crippen LogP contribution in [0.5, 0.6) is 0 Å². The number of rotatable bonds is 6. The van der Waals surface area contributed by atoms with E-state index in [1.807, 2.05) is 24.3 Å². The lowest BCUT2D eigenvalue weighted by molar-refractivity contribution is 0.953. The Bertz CT molecular complexity index is 634. The smallest absolute Gasteiger partial charge is 0.224 e. The summed E-state index contributed by atoms with van der Waals surface area (Å²) < 4.78 is 0. The average molecular weight is 302 g/mol. The lowest BCUT2D eigenvalue weighted by Crippen LogP contribution is -2.06. The van der Waals surface area contributed by atoms with Crippen molar-refractivity contribution in [2.45, 2.75) is 19.8 Å². The highest BCUT2D eigenvalue weighted by molar-refractivity contribution is 6.32. The molecule has 5 nitrogen and oxygen atoms in total. The number of anilines is 3. The molecule has 0 spiro atoms. The molecular weight excluding hydrogens is 286 g/mol. The van der Waals surface area contributed by atoms with E-state index in [1.54, 1.807) is 6.20 Å². The Morgan fingerprint density at radius 3 is 2.71 bits per heavy atom. The number of halogens is 1. The average Bonchev–Trinajstić information content (AvgIpc) is 2.50. The standard InChI is InChI=1S/C15H16ClN5/c1-2-9-18-15-19-10-13(16)14(21-15)20-12-5-3-11(4-6-12)7-8-17/h3-6,10H,2,7,9H2,1H3,(H2,18,19,20,21). The molecular formula is C15H16ClN5. The number of nitriles is 1. The van der Waals surface area contributed by atoms with Crippen LogP contribution < -0.4 is 10.6 Å². The maximum atomic E-state index is 8.65. The topological polar surface area (TPSA) is 73.6 Å². The molecule has 0 fully saturated rings. The van der Waals surface area contributed by atoms with E-state index in [0.717, 1.165) is 24.2 Å². The lowest BCUT2D eigenvalue weighted by Gasteiger charge is -2.10. The Labute approximate surface area is 129 Å². The maximum absolute atomic E-state index is 8.65. The number of nitrogens with zero attached hydrogens (tertiary/aromatic N) is 3. The molecule has 0 amide bonds. The van der Waals surface area contributed by atoms with Crippen LogP contribution in [0.15, 0.2) is 30.5 Å². The van der Waals surface area contributed by atoms with Gasteiger partial charge in [0.15, 0.2) is 5.82 Å². The quantitative estimate of drug-likeness (QED) is 0.850. The first-order valence-electron chi connectivity index (χ1n) is 6.72. The van der Waals surface area contributed by atoms with Gasteiger partial charge in [0.1, 0.15) is 5.02 Å². The molecule has 0 aliphatic rings. The zero-order chi connectivity index (χ0) is 15.1. The molecule has 1 heterocycles. The predicted molar refractivity (Wildman–Crippen MR) is 84.9 cm³/mol.